The second-order valence-electron chi connectivity index (χ2n) is 8.27. The molecule has 2 aromatic carbocycles. The van der Waals surface area contributed by atoms with Gasteiger partial charge in [0.2, 0.25) is 5.91 Å². The molecule has 0 bridgehead atoms. The summed E-state index contributed by atoms with van der Waals surface area (Å²) in [5.41, 5.74) is 6.86. The molecule has 0 spiro atoms. The molecule has 9 nitrogen and oxygen atoms in total. The van der Waals surface area contributed by atoms with Gasteiger partial charge in [0.25, 0.3) is 11.8 Å². The fourth-order valence-electron chi connectivity index (χ4n) is 3.83. The zero-order chi connectivity index (χ0) is 26.9. The van der Waals surface area contributed by atoms with Crippen molar-refractivity contribution in [3.8, 4) is 11.8 Å². The van der Waals surface area contributed by atoms with Crippen molar-refractivity contribution in [3.63, 3.8) is 0 Å². The van der Waals surface area contributed by atoms with Crippen LogP contribution < -0.4 is 16.4 Å². The molecule has 10 heteroatoms. The average Bonchev–Trinajstić information content (AvgIpc) is 3.64. The van der Waals surface area contributed by atoms with Gasteiger partial charge in [-0.25, -0.2) is 0 Å². The van der Waals surface area contributed by atoms with Crippen LogP contribution >= 0.6 is 11.3 Å². The van der Waals surface area contributed by atoms with Crippen molar-refractivity contribution in [1.29, 1.82) is 0 Å². The summed E-state index contributed by atoms with van der Waals surface area (Å²) in [6, 6.07) is 19.5. The van der Waals surface area contributed by atoms with Gasteiger partial charge < -0.3 is 26.5 Å². The number of hydrogen-bond acceptors (Lipinski definition) is 6. The molecular weight excluding hydrogens is 502 g/mol. The molecule has 2 atom stereocenters. The van der Waals surface area contributed by atoms with Crippen molar-refractivity contribution in [2.24, 2.45) is 10.9 Å². The molecule has 38 heavy (non-hydrogen) atoms. The first-order valence-electron chi connectivity index (χ1n) is 11.7. The Balaban J connectivity index is 1.46. The minimum atomic E-state index is -1.02. The highest BCUT2D eigenvalue weighted by atomic mass is 32.1. The number of carbonyl (C=O) groups excluding carboxylic acids is 3. The zero-order valence-corrected chi connectivity index (χ0v) is 21.0. The molecule has 1 aromatic heterocycles. The van der Waals surface area contributed by atoms with Crippen LogP contribution in [-0.4, -0.2) is 46.3 Å². The maximum absolute atomic E-state index is 13.7. The summed E-state index contributed by atoms with van der Waals surface area (Å²) >= 11 is 1.28. The number of amidine groups is 1. The number of rotatable bonds is 7. The Morgan fingerprint density at radius 1 is 1.08 bits per heavy atom. The van der Waals surface area contributed by atoms with E-state index in [1.54, 1.807) is 60.7 Å². The molecule has 1 unspecified atom stereocenters. The zero-order valence-electron chi connectivity index (χ0n) is 20.2. The van der Waals surface area contributed by atoms with Gasteiger partial charge in [-0.1, -0.05) is 71.8 Å². The quantitative estimate of drug-likeness (QED) is 0.0932. The molecular formula is C28H25N5O4S. The summed E-state index contributed by atoms with van der Waals surface area (Å²) in [5.74, 6) is 3.91. The molecule has 0 aliphatic carbocycles. The lowest BCUT2D eigenvalue weighted by Gasteiger charge is -2.28. The highest BCUT2D eigenvalue weighted by Gasteiger charge is 2.35. The predicted molar refractivity (Wildman–Crippen MR) is 144 cm³/mol. The van der Waals surface area contributed by atoms with E-state index in [4.69, 9.17) is 10.9 Å². The Morgan fingerprint density at radius 3 is 2.50 bits per heavy atom. The second kappa shape index (κ2) is 12.4. The van der Waals surface area contributed by atoms with E-state index in [1.807, 2.05) is 24.3 Å². The van der Waals surface area contributed by atoms with Crippen LogP contribution in [0.15, 0.2) is 90.1 Å². The molecule has 3 aromatic rings. The van der Waals surface area contributed by atoms with Gasteiger partial charge in [-0.3, -0.25) is 14.4 Å². The van der Waals surface area contributed by atoms with Crippen LogP contribution in [0.4, 0.5) is 0 Å². The molecule has 1 aliphatic rings. The van der Waals surface area contributed by atoms with E-state index >= 15 is 0 Å². The van der Waals surface area contributed by atoms with Crippen LogP contribution in [-0.2, 0) is 20.9 Å². The van der Waals surface area contributed by atoms with E-state index < -0.39 is 23.9 Å². The van der Waals surface area contributed by atoms with Gasteiger partial charge >= 0.3 is 0 Å². The number of hydrogen-bond donors (Lipinski definition) is 4. The van der Waals surface area contributed by atoms with E-state index in [9.17, 15) is 14.4 Å². The van der Waals surface area contributed by atoms with Gasteiger partial charge in [0, 0.05) is 22.9 Å². The molecule has 0 saturated heterocycles. The Hall–Kier alpha value is -4.88. The predicted octanol–water partition coefficient (Wildman–Crippen LogP) is 2.14. The van der Waals surface area contributed by atoms with Crippen LogP contribution in [0.5, 0.6) is 0 Å². The summed E-state index contributed by atoms with van der Waals surface area (Å²) in [5, 5.41) is 17.3. The minimum absolute atomic E-state index is 0.00877. The Kier molecular flexibility index (Phi) is 8.53. The highest BCUT2D eigenvalue weighted by molar-refractivity contribution is 7.14. The molecule has 4 rings (SSSR count). The van der Waals surface area contributed by atoms with Crippen molar-refractivity contribution in [2.75, 3.05) is 6.54 Å². The number of nitrogens with zero attached hydrogens (tertiary/aromatic N) is 2. The first kappa shape index (κ1) is 26.2. The van der Waals surface area contributed by atoms with E-state index in [0.29, 0.717) is 16.0 Å². The van der Waals surface area contributed by atoms with Crippen molar-refractivity contribution < 1.29 is 19.6 Å². The number of carbonyl (C=O) groups is 3. The standard InChI is InChI=1S/C28H25N5O4S/c29-26(32-37)23-15-14-21(38-23)18-30-27(35)22-12-7-17-33(22)28(36)25(20-10-5-2-6-11-20)31-24(34)16-13-19-8-3-1-4-9-19/h1-12,14-15,22,25,37H,17-18H2,(H2,29,32)(H,30,35)(H,31,34)/t22?,25-/m0/s1. The van der Waals surface area contributed by atoms with E-state index in [-0.39, 0.29) is 24.8 Å². The second-order valence-corrected chi connectivity index (χ2v) is 9.43. The van der Waals surface area contributed by atoms with E-state index in [0.717, 1.165) is 4.88 Å². The lowest BCUT2D eigenvalue weighted by Crippen LogP contribution is -2.50. The topological polar surface area (TPSA) is 137 Å². The van der Waals surface area contributed by atoms with Crippen LogP contribution in [0.3, 0.4) is 0 Å². The molecule has 5 N–H and O–H groups in total. The Morgan fingerprint density at radius 2 is 1.79 bits per heavy atom. The van der Waals surface area contributed by atoms with Gasteiger partial charge in [-0.15, -0.1) is 11.3 Å². The molecule has 0 radical (unpaired) electrons. The normalized spacial score (nSPS) is 15.3. The summed E-state index contributed by atoms with van der Waals surface area (Å²) in [6.45, 7) is 0.432. The largest absolute Gasteiger partial charge is 0.409 e. The molecule has 192 valence electrons. The van der Waals surface area contributed by atoms with Gasteiger partial charge in [-0.2, -0.15) is 0 Å². The average molecular weight is 528 g/mol. The number of benzene rings is 2. The molecule has 0 fully saturated rings. The van der Waals surface area contributed by atoms with E-state index in [2.05, 4.69) is 27.6 Å². The number of nitrogens with one attached hydrogen (secondary N) is 2. The van der Waals surface area contributed by atoms with Crippen LogP contribution in [0.25, 0.3) is 0 Å². The molecule has 1 aliphatic heterocycles. The number of thiophene rings is 1. The molecule has 2 heterocycles. The van der Waals surface area contributed by atoms with Gasteiger partial charge in [0.05, 0.1) is 11.4 Å². The van der Waals surface area contributed by atoms with Crippen molar-refractivity contribution in [1.82, 2.24) is 15.5 Å². The number of oxime groups is 1. The van der Waals surface area contributed by atoms with E-state index in [1.165, 1.54) is 16.2 Å². The van der Waals surface area contributed by atoms with Crippen LogP contribution in [0, 0.1) is 11.8 Å². The van der Waals surface area contributed by atoms with Gasteiger partial charge in [0.15, 0.2) is 5.84 Å². The van der Waals surface area contributed by atoms with Crippen molar-refractivity contribution in [2.45, 2.75) is 18.6 Å². The minimum Gasteiger partial charge on any atom is -0.409 e. The van der Waals surface area contributed by atoms with Gasteiger partial charge in [0.1, 0.15) is 12.1 Å². The van der Waals surface area contributed by atoms with Crippen LogP contribution in [0.2, 0.25) is 0 Å². The van der Waals surface area contributed by atoms with Gasteiger partial charge in [-0.05, 0) is 29.8 Å². The summed E-state index contributed by atoms with van der Waals surface area (Å²) < 4.78 is 0. The summed E-state index contributed by atoms with van der Waals surface area (Å²) in [4.78, 5) is 42.1. The summed E-state index contributed by atoms with van der Waals surface area (Å²) in [7, 11) is 0. The van der Waals surface area contributed by atoms with Crippen molar-refractivity contribution in [3.05, 3.63) is 106 Å². The summed E-state index contributed by atoms with van der Waals surface area (Å²) in [6.07, 6.45) is 3.39. The lowest BCUT2D eigenvalue weighted by atomic mass is 10.0. The maximum atomic E-state index is 13.7. The Bertz CT molecular complexity index is 1420. The molecule has 0 saturated carbocycles. The maximum Gasteiger partial charge on any atom is 0.297 e. The Labute approximate surface area is 223 Å². The third-order valence-corrected chi connectivity index (χ3v) is 6.82. The first-order valence-corrected chi connectivity index (χ1v) is 12.5. The number of amides is 3. The number of nitrogens with two attached hydrogens (primary N) is 1. The molecule has 3 amide bonds. The lowest BCUT2D eigenvalue weighted by molar-refractivity contribution is -0.140. The smallest absolute Gasteiger partial charge is 0.297 e. The first-order chi connectivity index (χ1) is 18.5. The van der Waals surface area contributed by atoms with Crippen LogP contribution in [0.1, 0.15) is 26.9 Å². The third kappa shape index (κ3) is 6.46. The monoisotopic (exact) mass is 527 g/mol. The SMILES string of the molecule is N/C(=N\O)c1ccc(CNC(=O)C2C=CCN2C(=O)[C@@H](NC(=O)C#Cc2ccccc2)c2ccccc2)s1. The fourth-order valence-corrected chi connectivity index (χ4v) is 4.68. The highest BCUT2D eigenvalue weighted by Crippen LogP contribution is 2.21. The fraction of sp³-hybridized carbons (Fsp3) is 0.143. The van der Waals surface area contributed by atoms with Crippen molar-refractivity contribution >= 4 is 34.9 Å². The third-order valence-electron chi connectivity index (χ3n) is 5.72.